The minimum Gasteiger partial charge on any atom is -0.465 e. The Morgan fingerprint density at radius 1 is 1.40 bits per heavy atom. The molecule has 0 radical (unpaired) electrons. The second-order valence-corrected chi connectivity index (χ2v) is 4.92. The molecule has 1 saturated carbocycles. The van der Waals surface area contributed by atoms with Crippen LogP contribution in [-0.2, 0) is 0 Å². The van der Waals surface area contributed by atoms with Crippen LogP contribution < -0.4 is 5.32 Å². The number of furan rings is 1. The van der Waals surface area contributed by atoms with Crippen LogP contribution in [0.4, 0.5) is 0 Å². The van der Waals surface area contributed by atoms with E-state index in [2.05, 4.69) is 25.2 Å². The van der Waals surface area contributed by atoms with Crippen molar-refractivity contribution in [2.45, 2.75) is 52.1 Å². The van der Waals surface area contributed by atoms with Gasteiger partial charge in [-0.25, -0.2) is 0 Å². The van der Waals surface area contributed by atoms with Crippen molar-refractivity contribution >= 4 is 0 Å². The highest BCUT2D eigenvalue weighted by Crippen LogP contribution is 2.33. The van der Waals surface area contributed by atoms with E-state index in [-0.39, 0.29) is 0 Å². The number of aryl methyl sites for hydroxylation is 1. The van der Waals surface area contributed by atoms with Gasteiger partial charge in [-0.2, -0.15) is 0 Å². The molecule has 1 fully saturated rings. The van der Waals surface area contributed by atoms with Gasteiger partial charge in [0.25, 0.3) is 0 Å². The average molecular weight is 207 g/mol. The monoisotopic (exact) mass is 207 g/mol. The molecule has 1 N–H and O–H groups in total. The maximum absolute atomic E-state index is 5.60. The summed E-state index contributed by atoms with van der Waals surface area (Å²) < 4.78 is 5.60. The molecule has 2 atom stereocenters. The van der Waals surface area contributed by atoms with Crippen LogP contribution in [0, 0.1) is 12.8 Å². The fourth-order valence-corrected chi connectivity index (χ4v) is 2.12. The quantitative estimate of drug-likeness (QED) is 0.800. The first-order valence-electron chi connectivity index (χ1n) is 5.97. The molecule has 2 rings (SSSR count). The third-order valence-corrected chi connectivity index (χ3v) is 3.11. The lowest BCUT2D eigenvalue weighted by atomic mass is 10.1. The number of nitrogens with one attached hydrogen (secondary N) is 1. The zero-order valence-corrected chi connectivity index (χ0v) is 9.92. The molecular formula is C13H21NO. The lowest BCUT2D eigenvalue weighted by Gasteiger charge is -2.18. The van der Waals surface area contributed by atoms with Gasteiger partial charge in [-0.15, -0.1) is 0 Å². The second-order valence-electron chi connectivity index (χ2n) is 4.92. The fourth-order valence-electron chi connectivity index (χ4n) is 2.12. The van der Waals surface area contributed by atoms with Gasteiger partial charge < -0.3 is 9.73 Å². The number of hydrogen-bond donors (Lipinski definition) is 1. The molecule has 2 unspecified atom stereocenters. The summed E-state index contributed by atoms with van der Waals surface area (Å²) in [5, 5.41) is 3.59. The van der Waals surface area contributed by atoms with Crippen molar-refractivity contribution in [2.24, 2.45) is 5.92 Å². The van der Waals surface area contributed by atoms with E-state index >= 15 is 0 Å². The van der Waals surface area contributed by atoms with Crippen molar-refractivity contribution in [1.82, 2.24) is 5.32 Å². The summed E-state index contributed by atoms with van der Waals surface area (Å²) in [6.07, 6.45) is 4.17. The average Bonchev–Trinajstić information content (AvgIpc) is 2.85. The summed E-state index contributed by atoms with van der Waals surface area (Å²) in [5.41, 5.74) is 0. The Bertz CT molecular complexity index is 314. The van der Waals surface area contributed by atoms with Crippen LogP contribution in [0.15, 0.2) is 16.5 Å². The number of rotatable bonds is 5. The van der Waals surface area contributed by atoms with Crippen LogP contribution in [-0.4, -0.2) is 6.04 Å². The van der Waals surface area contributed by atoms with Gasteiger partial charge in [-0.3, -0.25) is 0 Å². The smallest absolute Gasteiger partial charge is 0.120 e. The molecule has 2 nitrogen and oxygen atoms in total. The SMILES string of the molecule is Cc1ccc(C(C)NC(C)CC2CC2)o1. The first-order chi connectivity index (χ1) is 7.15. The first kappa shape index (κ1) is 10.7. The molecule has 15 heavy (non-hydrogen) atoms. The molecule has 1 aromatic rings. The topological polar surface area (TPSA) is 25.2 Å². The van der Waals surface area contributed by atoms with Gasteiger partial charge >= 0.3 is 0 Å². The molecule has 0 aliphatic heterocycles. The van der Waals surface area contributed by atoms with E-state index < -0.39 is 0 Å². The molecule has 84 valence electrons. The predicted molar refractivity (Wildman–Crippen MR) is 61.8 cm³/mol. The van der Waals surface area contributed by atoms with Crippen LogP contribution in [0.25, 0.3) is 0 Å². The summed E-state index contributed by atoms with van der Waals surface area (Å²) in [4.78, 5) is 0. The minimum atomic E-state index is 0.326. The summed E-state index contributed by atoms with van der Waals surface area (Å²) in [5.74, 6) is 3.03. The zero-order chi connectivity index (χ0) is 10.8. The van der Waals surface area contributed by atoms with Crippen LogP contribution in [0.3, 0.4) is 0 Å². The van der Waals surface area contributed by atoms with E-state index in [9.17, 15) is 0 Å². The highest BCUT2D eigenvalue weighted by Gasteiger charge is 2.24. The molecule has 0 aromatic carbocycles. The standard InChI is InChI=1S/C13H21NO/c1-9(8-12-5-6-12)14-11(3)13-7-4-10(2)15-13/h4,7,9,11-12,14H,5-6,8H2,1-3H3. The molecule has 1 aliphatic rings. The molecule has 1 aliphatic carbocycles. The van der Waals surface area contributed by atoms with E-state index in [1.54, 1.807) is 0 Å². The summed E-state index contributed by atoms with van der Waals surface area (Å²) in [7, 11) is 0. The zero-order valence-electron chi connectivity index (χ0n) is 9.92. The minimum absolute atomic E-state index is 0.326. The van der Waals surface area contributed by atoms with E-state index in [1.807, 2.05) is 13.0 Å². The fraction of sp³-hybridized carbons (Fsp3) is 0.692. The Hall–Kier alpha value is -0.760. The maximum atomic E-state index is 5.60. The lowest BCUT2D eigenvalue weighted by Crippen LogP contribution is -2.29. The van der Waals surface area contributed by atoms with E-state index in [1.165, 1.54) is 19.3 Å². The summed E-state index contributed by atoms with van der Waals surface area (Å²) in [6, 6.07) is 5.01. The Labute approximate surface area is 92.1 Å². The van der Waals surface area contributed by atoms with Crippen molar-refractivity contribution in [3.63, 3.8) is 0 Å². The second kappa shape index (κ2) is 4.40. The van der Waals surface area contributed by atoms with Crippen molar-refractivity contribution in [3.05, 3.63) is 23.7 Å². The lowest BCUT2D eigenvalue weighted by molar-refractivity contribution is 0.373. The van der Waals surface area contributed by atoms with Gasteiger partial charge in [0.1, 0.15) is 11.5 Å². The van der Waals surface area contributed by atoms with Gasteiger partial charge in [0.2, 0.25) is 0 Å². The van der Waals surface area contributed by atoms with Gasteiger partial charge in [-0.05, 0) is 45.2 Å². The third-order valence-electron chi connectivity index (χ3n) is 3.11. The van der Waals surface area contributed by atoms with E-state index in [4.69, 9.17) is 4.42 Å². The molecule has 0 saturated heterocycles. The van der Waals surface area contributed by atoms with Crippen LogP contribution in [0.1, 0.15) is 50.7 Å². The molecule has 0 spiro atoms. The van der Waals surface area contributed by atoms with Crippen molar-refractivity contribution < 1.29 is 4.42 Å². The Morgan fingerprint density at radius 2 is 2.13 bits per heavy atom. The normalized spacial score (nSPS) is 20.2. The van der Waals surface area contributed by atoms with Crippen molar-refractivity contribution in [3.8, 4) is 0 Å². The summed E-state index contributed by atoms with van der Waals surface area (Å²) >= 11 is 0. The Morgan fingerprint density at radius 3 is 2.67 bits per heavy atom. The van der Waals surface area contributed by atoms with Crippen molar-refractivity contribution in [2.75, 3.05) is 0 Å². The largest absolute Gasteiger partial charge is 0.465 e. The molecule has 1 aromatic heterocycles. The molecular weight excluding hydrogens is 186 g/mol. The van der Waals surface area contributed by atoms with Crippen LogP contribution >= 0.6 is 0 Å². The van der Waals surface area contributed by atoms with Gasteiger partial charge in [0, 0.05) is 6.04 Å². The maximum Gasteiger partial charge on any atom is 0.120 e. The highest BCUT2D eigenvalue weighted by atomic mass is 16.3. The first-order valence-corrected chi connectivity index (χ1v) is 5.97. The van der Waals surface area contributed by atoms with E-state index in [0.717, 1.165) is 17.4 Å². The molecule has 0 amide bonds. The predicted octanol–water partition coefficient (Wildman–Crippen LogP) is 3.43. The molecule has 1 heterocycles. The highest BCUT2D eigenvalue weighted by molar-refractivity contribution is 5.09. The third kappa shape index (κ3) is 3.10. The Kier molecular flexibility index (Phi) is 3.15. The van der Waals surface area contributed by atoms with Crippen molar-refractivity contribution in [1.29, 1.82) is 0 Å². The van der Waals surface area contributed by atoms with E-state index in [0.29, 0.717) is 12.1 Å². The van der Waals surface area contributed by atoms with Gasteiger partial charge in [0.05, 0.1) is 6.04 Å². The Balaban J connectivity index is 1.82. The van der Waals surface area contributed by atoms with Gasteiger partial charge in [-0.1, -0.05) is 12.8 Å². The van der Waals surface area contributed by atoms with Crippen LogP contribution in [0.5, 0.6) is 0 Å². The molecule has 2 heteroatoms. The van der Waals surface area contributed by atoms with Crippen LogP contribution in [0.2, 0.25) is 0 Å². The number of hydrogen-bond acceptors (Lipinski definition) is 2. The van der Waals surface area contributed by atoms with Gasteiger partial charge in [0.15, 0.2) is 0 Å². The summed E-state index contributed by atoms with van der Waals surface area (Å²) in [6.45, 7) is 6.43. The molecule has 0 bridgehead atoms.